The van der Waals surface area contributed by atoms with Crippen LogP contribution < -0.4 is 0 Å². The van der Waals surface area contributed by atoms with Crippen molar-refractivity contribution in [1.29, 1.82) is 0 Å². The Morgan fingerprint density at radius 3 is 2.75 bits per heavy atom. The Labute approximate surface area is 141 Å². The number of nitrogens with zero attached hydrogens (tertiary/aromatic N) is 2. The van der Waals surface area contributed by atoms with E-state index in [2.05, 4.69) is 0 Å². The molecule has 2 heterocycles. The van der Waals surface area contributed by atoms with Gasteiger partial charge in [-0.25, -0.2) is 0 Å². The molecule has 1 atom stereocenters. The van der Waals surface area contributed by atoms with Crippen LogP contribution in [0.4, 0.5) is 0 Å². The van der Waals surface area contributed by atoms with Crippen molar-refractivity contribution in [3.05, 3.63) is 35.4 Å². The molecule has 3 rings (SSSR count). The first-order valence-corrected chi connectivity index (χ1v) is 8.43. The number of carbonyl (C=O) groups excluding carboxylic acids is 2. The molecule has 0 unspecified atom stereocenters. The van der Waals surface area contributed by atoms with Crippen molar-refractivity contribution >= 4 is 17.8 Å². The second-order valence-electron chi connectivity index (χ2n) is 6.55. The van der Waals surface area contributed by atoms with Crippen LogP contribution in [0, 0.1) is 5.92 Å². The van der Waals surface area contributed by atoms with Crippen LogP contribution in [0.25, 0.3) is 0 Å². The van der Waals surface area contributed by atoms with Gasteiger partial charge in [-0.2, -0.15) is 0 Å². The summed E-state index contributed by atoms with van der Waals surface area (Å²) in [7, 11) is 0. The molecule has 0 aromatic heterocycles. The number of amides is 2. The number of carbonyl (C=O) groups is 3. The topological polar surface area (TPSA) is 77.9 Å². The van der Waals surface area contributed by atoms with E-state index in [1.807, 2.05) is 23.1 Å². The molecule has 128 valence electrons. The van der Waals surface area contributed by atoms with Gasteiger partial charge in [0, 0.05) is 38.2 Å². The highest BCUT2D eigenvalue weighted by Gasteiger charge is 2.28. The third-order valence-corrected chi connectivity index (χ3v) is 4.78. The van der Waals surface area contributed by atoms with Gasteiger partial charge in [0.25, 0.3) is 5.91 Å². The van der Waals surface area contributed by atoms with E-state index in [4.69, 9.17) is 5.11 Å². The summed E-state index contributed by atoms with van der Waals surface area (Å²) in [5.41, 5.74) is 1.49. The third-order valence-electron chi connectivity index (χ3n) is 4.78. The summed E-state index contributed by atoms with van der Waals surface area (Å²) < 4.78 is 0. The van der Waals surface area contributed by atoms with Crippen molar-refractivity contribution in [2.45, 2.75) is 32.2 Å². The predicted octanol–water partition coefficient (Wildman–Crippen LogP) is 1.75. The quantitative estimate of drug-likeness (QED) is 0.912. The normalized spacial score (nSPS) is 21.2. The van der Waals surface area contributed by atoms with Crippen molar-refractivity contribution < 1.29 is 19.5 Å². The molecule has 2 fully saturated rings. The molecule has 1 aromatic carbocycles. The van der Waals surface area contributed by atoms with Gasteiger partial charge in [0.15, 0.2) is 0 Å². The summed E-state index contributed by atoms with van der Waals surface area (Å²) in [6, 6.07) is 7.31. The zero-order valence-corrected chi connectivity index (χ0v) is 13.6. The van der Waals surface area contributed by atoms with Gasteiger partial charge in [-0.3, -0.25) is 14.4 Å². The second-order valence-corrected chi connectivity index (χ2v) is 6.55. The lowest BCUT2D eigenvalue weighted by atomic mass is 9.97. The third kappa shape index (κ3) is 3.58. The minimum absolute atomic E-state index is 0.129. The van der Waals surface area contributed by atoms with Gasteiger partial charge in [0.05, 0.1) is 5.92 Å². The van der Waals surface area contributed by atoms with Crippen molar-refractivity contribution in [3.63, 3.8) is 0 Å². The van der Waals surface area contributed by atoms with Crippen molar-refractivity contribution in [2.75, 3.05) is 19.6 Å². The van der Waals surface area contributed by atoms with E-state index in [1.165, 1.54) is 0 Å². The van der Waals surface area contributed by atoms with Gasteiger partial charge in [-0.15, -0.1) is 0 Å². The van der Waals surface area contributed by atoms with E-state index in [-0.39, 0.29) is 18.4 Å². The molecular weight excluding hydrogens is 308 g/mol. The number of carboxylic acid groups (broad SMARTS) is 1. The Balaban J connectivity index is 1.69. The molecule has 24 heavy (non-hydrogen) atoms. The van der Waals surface area contributed by atoms with Gasteiger partial charge in [0.1, 0.15) is 0 Å². The van der Waals surface area contributed by atoms with E-state index in [0.717, 1.165) is 18.5 Å². The summed E-state index contributed by atoms with van der Waals surface area (Å²) in [5, 5.41) is 9.16. The summed E-state index contributed by atoms with van der Waals surface area (Å²) in [6.45, 7) is 2.15. The number of piperidine rings is 1. The Morgan fingerprint density at radius 2 is 2.04 bits per heavy atom. The predicted molar refractivity (Wildman–Crippen MR) is 87.4 cm³/mol. The average molecular weight is 330 g/mol. The molecule has 2 saturated heterocycles. The van der Waals surface area contributed by atoms with Crippen LogP contribution in [0.2, 0.25) is 0 Å². The van der Waals surface area contributed by atoms with Crippen LogP contribution in [-0.4, -0.2) is 52.3 Å². The fourth-order valence-corrected chi connectivity index (χ4v) is 3.44. The fraction of sp³-hybridized carbons (Fsp3) is 0.500. The summed E-state index contributed by atoms with van der Waals surface area (Å²) in [6.07, 6.45) is 2.83. The molecule has 2 aliphatic heterocycles. The molecule has 0 bridgehead atoms. The minimum Gasteiger partial charge on any atom is -0.481 e. The van der Waals surface area contributed by atoms with Crippen molar-refractivity contribution in [3.8, 4) is 0 Å². The minimum atomic E-state index is -0.839. The van der Waals surface area contributed by atoms with Crippen LogP contribution >= 0.6 is 0 Å². The maximum Gasteiger partial charge on any atom is 0.308 e. The highest BCUT2D eigenvalue weighted by molar-refractivity contribution is 5.94. The van der Waals surface area contributed by atoms with E-state index in [9.17, 15) is 14.4 Å². The van der Waals surface area contributed by atoms with E-state index >= 15 is 0 Å². The van der Waals surface area contributed by atoms with Gasteiger partial charge in [-0.05, 0) is 37.0 Å². The van der Waals surface area contributed by atoms with Crippen molar-refractivity contribution in [1.82, 2.24) is 9.80 Å². The van der Waals surface area contributed by atoms with Crippen LogP contribution in [-0.2, 0) is 16.1 Å². The van der Waals surface area contributed by atoms with Gasteiger partial charge >= 0.3 is 5.97 Å². The first-order valence-electron chi connectivity index (χ1n) is 8.43. The summed E-state index contributed by atoms with van der Waals surface area (Å²) in [4.78, 5) is 39.0. The summed E-state index contributed by atoms with van der Waals surface area (Å²) >= 11 is 0. The number of carboxylic acids is 1. The van der Waals surface area contributed by atoms with Crippen LogP contribution in [0.3, 0.4) is 0 Å². The fourth-order valence-electron chi connectivity index (χ4n) is 3.44. The van der Waals surface area contributed by atoms with Crippen LogP contribution in [0.5, 0.6) is 0 Å². The lowest BCUT2D eigenvalue weighted by Crippen LogP contribution is -2.42. The zero-order valence-electron chi connectivity index (χ0n) is 13.6. The maximum absolute atomic E-state index is 12.7. The zero-order chi connectivity index (χ0) is 17.1. The second kappa shape index (κ2) is 7.03. The molecule has 6 heteroatoms. The standard InChI is InChI=1S/C18H22N2O4/c21-16-7-3-8-19(16)11-13-4-1-5-14(10-13)17(22)20-9-2-6-15(12-20)18(23)24/h1,4-5,10,15H,2-3,6-9,11-12H2,(H,23,24)/t15-/m0/s1. The van der Waals surface area contributed by atoms with E-state index in [0.29, 0.717) is 37.9 Å². The largest absolute Gasteiger partial charge is 0.481 e. The number of rotatable bonds is 4. The molecule has 1 N–H and O–H groups in total. The van der Waals surface area contributed by atoms with Crippen LogP contribution in [0.1, 0.15) is 41.6 Å². The molecule has 1 aromatic rings. The van der Waals surface area contributed by atoms with Gasteiger partial charge < -0.3 is 14.9 Å². The average Bonchev–Trinajstić information content (AvgIpc) is 2.99. The molecule has 0 aliphatic carbocycles. The maximum atomic E-state index is 12.7. The van der Waals surface area contributed by atoms with Gasteiger partial charge in [0.2, 0.25) is 5.91 Å². The summed E-state index contributed by atoms with van der Waals surface area (Å²) in [5.74, 6) is -1.29. The highest BCUT2D eigenvalue weighted by atomic mass is 16.4. The lowest BCUT2D eigenvalue weighted by Gasteiger charge is -2.31. The molecule has 2 amide bonds. The molecule has 0 radical (unpaired) electrons. The number of hydrogen-bond acceptors (Lipinski definition) is 3. The molecule has 0 spiro atoms. The highest BCUT2D eigenvalue weighted by Crippen LogP contribution is 2.20. The van der Waals surface area contributed by atoms with E-state index < -0.39 is 11.9 Å². The Morgan fingerprint density at radius 1 is 1.21 bits per heavy atom. The number of benzene rings is 1. The molecule has 0 saturated carbocycles. The monoisotopic (exact) mass is 330 g/mol. The molecule has 2 aliphatic rings. The first kappa shape index (κ1) is 16.5. The molecular formula is C18H22N2O4. The van der Waals surface area contributed by atoms with Gasteiger partial charge in [-0.1, -0.05) is 12.1 Å². The lowest BCUT2D eigenvalue weighted by molar-refractivity contribution is -0.143. The smallest absolute Gasteiger partial charge is 0.308 e. The number of aliphatic carboxylic acids is 1. The van der Waals surface area contributed by atoms with E-state index in [1.54, 1.807) is 11.0 Å². The number of likely N-dealkylation sites (tertiary alicyclic amines) is 2. The first-order chi connectivity index (χ1) is 11.5. The van der Waals surface area contributed by atoms with Crippen LogP contribution in [0.15, 0.2) is 24.3 Å². The Bertz CT molecular complexity index is 658. The Hall–Kier alpha value is -2.37. The SMILES string of the molecule is O=C(O)[C@H]1CCCN(C(=O)c2cccc(CN3CCCC3=O)c2)C1. The van der Waals surface area contributed by atoms with Crippen molar-refractivity contribution in [2.24, 2.45) is 5.92 Å². The number of hydrogen-bond donors (Lipinski definition) is 1. The Kier molecular flexibility index (Phi) is 4.83. The molecule has 6 nitrogen and oxygen atoms in total.